The molecule has 0 radical (unpaired) electrons. The zero-order chi connectivity index (χ0) is 15.5. The molecule has 116 valence electrons. The van der Waals surface area contributed by atoms with Crippen LogP contribution in [0.4, 0.5) is 5.69 Å². The second kappa shape index (κ2) is 6.09. The van der Waals surface area contributed by atoms with Crippen molar-refractivity contribution < 1.29 is 9.90 Å². The first-order valence-corrected chi connectivity index (χ1v) is 7.53. The number of phenols is 1. The van der Waals surface area contributed by atoms with Gasteiger partial charge >= 0.3 is 0 Å². The first kappa shape index (κ1) is 14.4. The second-order valence-electron chi connectivity index (χ2n) is 5.38. The molecule has 1 amide bonds. The highest BCUT2D eigenvalue weighted by Gasteiger charge is 2.23. The van der Waals surface area contributed by atoms with Gasteiger partial charge in [-0.05, 0) is 19.1 Å². The van der Waals surface area contributed by atoms with Crippen LogP contribution in [0.3, 0.4) is 0 Å². The molecule has 1 aliphatic rings. The number of aromatic nitrogens is 2. The Labute approximate surface area is 129 Å². The van der Waals surface area contributed by atoms with Crippen LogP contribution < -0.4 is 4.90 Å². The summed E-state index contributed by atoms with van der Waals surface area (Å²) in [6, 6.07) is 7.22. The number of benzene rings is 1. The van der Waals surface area contributed by atoms with E-state index in [1.807, 2.05) is 24.0 Å². The molecular formula is C16H20N4O2. The monoisotopic (exact) mass is 300 g/mol. The molecule has 1 fully saturated rings. The Bertz CT molecular complexity index is 660. The largest absolute Gasteiger partial charge is 0.508 e. The summed E-state index contributed by atoms with van der Waals surface area (Å²) in [5.41, 5.74) is 1.64. The fourth-order valence-corrected chi connectivity index (χ4v) is 2.69. The van der Waals surface area contributed by atoms with E-state index in [1.165, 1.54) is 0 Å². The van der Waals surface area contributed by atoms with E-state index in [-0.39, 0.29) is 11.7 Å². The lowest BCUT2D eigenvalue weighted by Crippen LogP contribution is -2.48. The first-order valence-electron chi connectivity index (χ1n) is 7.53. The van der Waals surface area contributed by atoms with Crippen molar-refractivity contribution in [1.82, 2.24) is 14.7 Å². The van der Waals surface area contributed by atoms with Crippen LogP contribution in [0.15, 0.2) is 36.7 Å². The van der Waals surface area contributed by atoms with Crippen molar-refractivity contribution in [2.45, 2.75) is 13.5 Å². The SMILES string of the molecule is CCn1cc(C(=O)N2CCN(c3cccc(O)c3)CC2)cn1. The van der Waals surface area contributed by atoms with E-state index < -0.39 is 0 Å². The smallest absolute Gasteiger partial charge is 0.257 e. The maximum Gasteiger partial charge on any atom is 0.257 e. The molecule has 1 aromatic heterocycles. The van der Waals surface area contributed by atoms with Gasteiger partial charge in [0.15, 0.2) is 0 Å². The van der Waals surface area contributed by atoms with Crippen molar-refractivity contribution in [1.29, 1.82) is 0 Å². The summed E-state index contributed by atoms with van der Waals surface area (Å²) in [4.78, 5) is 16.5. The number of hydrogen-bond acceptors (Lipinski definition) is 4. The van der Waals surface area contributed by atoms with E-state index in [9.17, 15) is 9.90 Å². The fraction of sp³-hybridized carbons (Fsp3) is 0.375. The number of rotatable bonds is 3. The topological polar surface area (TPSA) is 61.6 Å². The van der Waals surface area contributed by atoms with Gasteiger partial charge < -0.3 is 14.9 Å². The fourth-order valence-electron chi connectivity index (χ4n) is 2.69. The molecule has 0 unspecified atom stereocenters. The molecular weight excluding hydrogens is 280 g/mol. The van der Waals surface area contributed by atoms with Gasteiger partial charge in [-0.1, -0.05) is 6.07 Å². The molecule has 1 aromatic carbocycles. The Hall–Kier alpha value is -2.50. The summed E-state index contributed by atoms with van der Waals surface area (Å²) in [6.07, 6.45) is 3.43. The van der Waals surface area contributed by atoms with E-state index in [0.29, 0.717) is 18.7 Å². The van der Waals surface area contributed by atoms with Gasteiger partial charge in [0.1, 0.15) is 5.75 Å². The Balaban J connectivity index is 1.62. The number of aromatic hydroxyl groups is 1. The zero-order valence-electron chi connectivity index (χ0n) is 12.6. The summed E-state index contributed by atoms with van der Waals surface area (Å²) in [5, 5.41) is 13.7. The van der Waals surface area contributed by atoms with Crippen molar-refractivity contribution in [3.63, 3.8) is 0 Å². The zero-order valence-corrected chi connectivity index (χ0v) is 12.6. The van der Waals surface area contributed by atoms with Crippen molar-refractivity contribution in [3.05, 3.63) is 42.2 Å². The standard InChI is InChI=1S/C16H20N4O2/c1-2-20-12-13(11-17-20)16(22)19-8-6-18(7-9-19)14-4-3-5-15(21)10-14/h3-5,10-12,21H,2,6-9H2,1H3. The van der Waals surface area contributed by atoms with Gasteiger partial charge in [-0.15, -0.1) is 0 Å². The molecule has 3 rings (SSSR count). The number of piperazine rings is 1. The van der Waals surface area contributed by atoms with Crippen molar-refractivity contribution in [3.8, 4) is 5.75 Å². The molecule has 0 spiro atoms. The van der Waals surface area contributed by atoms with Crippen LogP contribution >= 0.6 is 0 Å². The highest BCUT2D eigenvalue weighted by atomic mass is 16.3. The quantitative estimate of drug-likeness (QED) is 0.934. The molecule has 6 nitrogen and oxygen atoms in total. The predicted octanol–water partition coefficient (Wildman–Crippen LogP) is 1.57. The molecule has 0 bridgehead atoms. The summed E-state index contributed by atoms with van der Waals surface area (Å²) >= 11 is 0. The molecule has 6 heteroatoms. The van der Waals surface area contributed by atoms with Gasteiger partial charge in [-0.25, -0.2) is 0 Å². The molecule has 0 atom stereocenters. The van der Waals surface area contributed by atoms with E-state index in [4.69, 9.17) is 0 Å². The van der Waals surface area contributed by atoms with Gasteiger partial charge in [0.05, 0.1) is 11.8 Å². The maximum absolute atomic E-state index is 12.4. The first-order chi connectivity index (χ1) is 10.7. The van der Waals surface area contributed by atoms with Gasteiger partial charge in [-0.3, -0.25) is 9.48 Å². The summed E-state index contributed by atoms with van der Waals surface area (Å²) in [5.74, 6) is 0.304. The number of nitrogens with zero attached hydrogens (tertiary/aromatic N) is 4. The Morgan fingerprint density at radius 2 is 2.05 bits per heavy atom. The number of carbonyl (C=O) groups is 1. The molecule has 2 heterocycles. The summed E-state index contributed by atoms with van der Waals surface area (Å²) in [7, 11) is 0. The number of hydrogen-bond donors (Lipinski definition) is 1. The van der Waals surface area contributed by atoms with Gasteiger partial charge in [0.2, 0.25) is 0 Å². The third kappa shape index (κ3) is 2.90. The van der Waals surface area contributed by atoms with Gasteiger partial charge in [0, 0.05) is 50.7 Å². The average molecular weight is 300 g/mol. The lowest BCUT2D eigenvalue weighted by molar-refractivity contribution is 0.0746. The highest BCUT2D eigenvalue weighted by molar-refractivity contribution is 5.93. The maximum atomic E-state index is 12.4. The molecule has 22 heavy (non-hydrogen) atoms. The minimum Gasteiger partial charge on any atom is -0.508 e. The van der Waals surface area contributed by atoms with E-state index in [1.54, 1.807) is 29.2 Å². The Morgan fingerprint density at radius 1 is 1.27 bits per heavy atom. The molecule has 0 saturated carbocycles. The summed E-state index contributed by atoms with van der Waals surface area (Å²) < 4.78 is 1.76. The van der Waals surface area contributed by atoms with E-state index >= 15 is 0 Å². The van der Waals surface area contributed by atoms with Crippen molar-refractivity contribution in [2.24, 2.45) is 0 Å². The molecule has 1 saturated heterocycles. The normalized spacial score (nSPS) is 15.1. The third-order valence-electron chi connectivity index (χ3n) is 3.97. The second-order valence-corrected chi connectivity index (χ2v) is 5.38. The molecule has 0 aliphatic carbocycles. The van der Waals surface area contributed by atoms with Gasteiger partial charge in [-0.2, -0.15) is 5.10 Å². The van der Waals surface area contributed by atoms with Crippen molar-refractivity contribution >= 4 is 11.6 Å². The van der Waals surface area contributed by atoms with Crippen LogP contribution in [-0.2, 0) is 6.54 Å². The van der Waals surface area contributed by atoms with Crippen LogP contribution in [0, 0.1) is 0 Å². The summed E-state index contributed by atoms with van der Waals surface area (Å²) in [6.45, 7) is 5.62. The lowest BCUT2D eigenvalue weighted by atomic mass is 10.2. The van der Waals surface area contributed by atoms with Crippen LogP contribution in [0.2, 0.25) is 0 Å². The van der Waals surface area contributed by atoms with E-state index in [0.717, 1.165) is 25.3 Å². The van der Waals surface area contributed by atoms with Crippen LogP contribution in [0.25, 0.3) is 0 Å². The molecule has 1 aliphatic heterocycles. The van der Waals surface area contributed by atoms with Crippen LogP contribution in [0.1, 0.15) is 17.3 Å². The predicted molar refractivity (Wildman–Crippen MR) is 84.1 cm³/mol. The molecule has 2 aromatic rings. The van der Waals surface area contributed by atoms with Crippen LogP contribution in [-0.4, -0.2) is 51.9 Å². The minimum absolute atomic E-state index is 0.0373. The van der Waals surface area contributed by atoms with Gasteiger partial charge in [0.25, 0.3) is 5.91 Å². The number of anilines is 1. The molecule has 1 N–H and O–H groups in total. The Morgan fingerprint density at radius 3 is 2.68 bits per heavy atom. The van der Waals surface area contributed by atoms with E-state index in [2.05, 4.69) is 10.00 Å². The highest BCUT2D eigenvalue weighted by Crippen LogP contribution is 2.21. The number of carbonyl (C=O) groups excluding carboxylic acids is 1. The lowest BCUT2D eigenvalue weighted by Gasteiger charge is -2.36. The Kier molecular flexibility index (Phi) is 4.00. The van der Waals surface area contributed by atoms with Crippen molar-refractivity contribution in [2.75, 3.05) is 31.1 Å². The van der Waals surface area contributed by atoms with Crippen LogP contribution in [0.5, 0.6) is 5.75 Å². The number of amides is 1. The third-order valence-corrected chi connectivity index (χ3v) is 3.97. The minimum atomic E-state index is 0.0373. The number of phenolic OH excluding ortho intramolecular Hbond substituents is 1. The number of aryl methyl sites for hydroxylation is 1. The average Bonchev–Trinajstić information content (AvgIpc) is 3.03.